The highest BCUT2D eigenvalue weighted by Gasteiger charge is 2.31. The Balaban J connectivity index is 2.14. The van der Waals surface area contributed by atoms with Gasteiger partial charge in [0.2, 0.25) is 5.91 Å². The standard InChI is InChI=1S/C18H16ClF3N2O2/c1-10(2)16(25)23-13-6-3-11(4-7-13)17(26)24-15-9-12(18(20,21)22)5-8-14(15)19/h3-10H,1-2H3,(H,23,25)(H,24,26). The van der Waals surface area contributed by atoms with E-state index >= 15 is 0 Å². The fourth-order valence-electron chi connectivity index (χ4n) is 1.98. The fourth-order valence-corrected chi connectivity index (χ4v) is 2.15. The SMILES string of the molecule is CC(C)C(=O)Nc1ccc(C(=O)Nc2cc(C(F)(F)F)ccc2Cl)cc1. The molecule has 0 aliphatic heterocycles. The largest absolute Gasteiger partial charge is 0.416 e. The van der Waals surface area contributed by atoms with Crippen LogP contribution in [-0.4, -0.2) is 11.8 Å². The van der Waals surface area contributed by atoms with Crippen LogP contribution in [0.2, 0.25) is 5.02 Å². The van der Waals surface area contributed by atoms with Crippen LogP contribution in [0.4, 0.5) is 24.5 Å². The van der Waals surface area contributed by atoms with Gasteiger partial charge in [-0.3, -0.25) is 9.59 Å². The highest BCUT2D eigenvalue weighted by atomic mass is 35.5. The summed E-state index contributed by atoms with van der Waals surface area (Å²) in [6, 6.07) is 8.65. The van der Waals surface area contributed by atoms with Crippen molar-refractivity contribution in [2.45, 2.75) is 20.0 Å². The van der Waals surface area contributed by atoms with Gasteiger partial charge < -0.3 is 10.6 Å². The molecular weight excluding hydrogens is 369 g/mol. The van der Waals surface area contributed by atoms with Gasteiger partial charge in [-0.25, -0.2) is 0 Å². The molecule has 2 aromatic carbocycles. The van der Waals surface area contributed by atoms with Crippen LogP contribution >= 0.6 is 11.6 Å². The average molecular weight is 385 g/mol. The molecule has 138 valence electrons. The first-order valence-electron chi connectivity index (χ1n) is 7.67. The highest BCUT2D eigenvalue weighted by molar-refractivity contribution is 6.34. The second kappa shape index (κ2) is 7.78. The molecule has 0 heterocycles. The van der Waals surface area contributed by atoms with Crippen molar-refractivity contribution in [1.29, 1.82) is 0 Å². The zero-order valence-electron chi connectivity index (χ0n) is 13.9. The topological polar surface area (TPSA) is 58.2 Å². The van der Waals surface area contributed by atoms with Gasteiger partial charge in [-0.1, -0.05) is 25.4 Å². The number of nitrogens with one attached hydrogen (secondary N) is 2. The molecule has 0 saturated heterocycles. The summed E-state index contributed by atoms with van der Waals surface area (Å²) in [6.45, 7) is 3.49. The van der Waals surface area contributed by atoms with Crippen molar-refractivity contribution in [2.75, 3.05) is 10.6 Å². The first kappa shape index (κ1) is 19.8. The highest BCUT2D eigenvalue weighted by Crippen LogP contribution is 2.34. The number of halogens is 4. The molecule has 0 aliphatic rings. The monoisotopic (exact) mass is 384 g/mol. The Labute approximate surface area is 153 Å². The maximum atomic E-state index is 12.8. The van der Waals surface area contributed by atoms with E-state index in [4.69, 9.17) is 11.6 Å². The lowest BCUT2D eigenvalue weighted by atomic mass is 10.1. The van der Waals surface area contributed by atoms with Gasteiger partial charge in [-0.2, -0.15) is 13.2 Å². The van der Waals surface area contributed by atoms with Crippen LogP contribution in [0.15, 0.2) is 42.5 Å². The number of amides is 2. The summed E-state index contributed by atoms with van der Waals surface area (Å²) in [5, 5.41) is 5.03. The molecular formula is C18H16ClF3N2O2. The minimum absolute atomic E-state index is 0.00725. The average Bonchev–Trinajstić information content (AvgIpc) is 2.56. The fraction of sp³-hybridized carbons (Fsp3) is 0.222. The summed E-state index contributed by atoms with van der Waals surface area (Å²) in [5.74, 6) is -0.980. The van der Waals surface area contributed by atoms with Crippen LogP contribution in [0.1, 0.15) is 29.8 Å². The zero-order chi connectivity index (χ0) is 19.5. The lowest BCUT2D eigenvalue weighted by Crippen LogP contribution is -2.18. The summed E-state index contributed by atoms with van der Waals surface area (Å²) in [5.41, 5.74) is -0.328. The van der Waals surface area contributed by atoms with E-state index in [0.29, 0.717) is 5.69 Å². The van der Waals surface area contributed by atoms with E-state index in [1.54, 1.807) is 13.8 Å². The van der Waals surface area contributed by atoms with Crippen molar-refractivity contribution in [2.24, 2.45) is 5.92 Å². The lowest BCUT2D eigenvalue weighted by molar-refractivity contribution is -0.137. The Kier molecular flexibility index (Phi) is 5.92. The van der Waals surface area contributed by atoms with Gasteiger partial charge in [-0.15, -0.1) is 0 Å². The lowest BCUT2D eigenvalue weighted by Gasteiger charge is -2.12. The van der Waals surface area contributed by atoms with Crippen molar-refractivity contribution in [3.63, 3.8) is 0 Å². The Morgan fingerprint density at radius 2 is 1.62 bits per heavy atom. The molecule has 2 N–H and O–H groups in total. The smallest absolute Gasteiger partial charge is 0.326 e. The minimum atomic E-state index is -4.54. The molecule has 8 heteroatoms. The number of carbonyl (C=O) groups is 2. The molecule has 0 atom stereocenters. The number of alkyl halides is 3. The molecule has 4 nitrogen and oxygen atoms in total. The van der Waals surface area contributed by atoms with Gasteiger partial charge in [0.15, 0.2) is 0 Å². The van der Waals surface area contributed by atoms with Crippen molar-refractivity contribution in [3.8, 4) is 0 Å². The number of hydrogen-bond donors (Lipinski definition) is 2. The summed E-state index contributed by atoms with van der Waals surface area (Å²) in [6.07, 6.45) is -4.54. The third-order valence-electron chi connectivity index (χ3n) is 3.48. The van der Waals surface area contributed by atoms with Crippen molar-refractivity contribution in [1.82, 2.24) is 0 Å². The Bertz CT molecular complexity index is 818. The molecule has 0 aromatic heterocycles. The van der Waals surface area contributed by atoms with Crippen LogP contribution in [0.3, 0.4) is 0 Å². The van der Waals surface area contributed by atoms with E-state index in [0.717, 1.165) is 18.2 Å². The van der Waals surface area contributed by atoms with Gasteiger partial charge >= 0.3 is 6.18 Å². The number of hydrogen-bond acceptors (Lipinski definition) is 2. The summed E-state index contributed by atoms with van der Waals surface area (Å²) in [4.78, 5) is 23.9. The van der Waals surface area contributed by atoms with Crippen LogP contribution in [0, 0.1) is 5.92 Å². The van der Waals surface area contributed by atoms with Crippen LogP contribution < -0.4 is 10.6 Å². The van der Waals surface area contributed by atoms with E-state index < -0.39 is 17.6 Å². The third-order valence-corrected chi connectivity index (χ3v) is 3.81. The predicted octanol–water partition coefficient (Wildman–Crippen LogP) is 5.21. The van der Waals surface area contributed by atoms with Gasteiger partial charge in [0, 0.05) is 17.2 Å². The molecule has 0 aliphatic carbocycles. The van der Waals surface area contributed by atoms with Crippen LogP contribution in [0.5, 0.6) is 0 Å². The van der Waals surface area contributed by atoms with Crippen LogP contribution in [-0.2, 0) is 11.0 Å². The molecule has 0 unspecified atom stereocenters. The van der Waals surface area contributed by atoms with Crippen molar-refractivity contribution >= 4 is 34.8 Å². The first-order valence-corrected chi connectivity index (χ1v) is 8.04. The second-order valence-corrected chi connectivity index (χ2v) is 6.28. The second-order valence-electron chi connectivity index (χ2n) is 5.87. The summed E-state index contributed by atoms with van der Waals surface area (Å²) >= 11 is 5.86. The third kappa shape index (κ3) is 4.98. The van der Waals surface area contributed by atoms with Crippen molar-refractivity contribution in [3.05, 3.63) is 58.6 Å². The van der Waals surface area contributed by atoms with E-state index in [2.05, 4.69) is 10.6 Å². The first-order chi connectivity index (χ1) is 12.1. The Hall–Kier alpha value is -2.54. The number of rotatable bonds is 4. The molecule has 2 rings (SSSR count). The van der Waals surface area contributed by atoms with E-state index in [9.17, 15) is 22.8 Å². The molecule has 0 bridgehead atoms. The Morgan fingerprint density at radius 3 is 2.15 bits per heavy atom. The molecule has 0 spiro atoms. The molecule has 0 radical (unpaired) electrons. The minimum Gasteiger partial charge on any atom is -0.326 e. The zero-order valence-corrected chi connectivity index (χ0v) is 14.7. The molecule has 0 saturated carbocycles. The van der Waals surface area contributed by atoms with Gasteiger partial charge in [0.1, 0.15) is 0 Å². The maximum Gasteiger partial charge on any atom is 0.416 e. The predicted molar refractivity (Wildman–Crippen MR) is 94.3 cm³/mol. The molecule has 26 heavy (non-hydrogen) atoms. The van der Waals surface area contributed by atoms with E-state index in [-0.39, 0.29) is 28.1 Å². The molecule has 0 fully saturated rings. The maximum absolute atomic E-state index is 12.8. The quantitative estimate of drug-likeness (QED) is 0.760. The van der Waals surface area contributed by atoms with E-state index in [1.165, 1.54) is 24.3 Å². The summed E-state index contributed by atoms with van der Waals surface area (Å²) < 4.78 is 38.3. The van der Waals surface area contributed by atoms with Crippen LogP contribution in [0.25, 0.3) is 0 Å². The summed E-state index contributed by atoms with van der Waals surface area (Å²) in [7, 11) is 0. The van der Waals surface area contributed by atoms with Gasteiger partial charge in [0.05, 0.1) is 16.3 Å². The number of benzene rings is 2. The van der Waals surface area contributed by atoms with E-state index in [1.807, 2.05) is 0 Å². The number of anilines is 2. The van der Waals surface area contributed by atoms with Gasteiger partial charge in [0.25, 0.3) is 5.91 Å². The Morgan fingerprint density at radius 1 is 1.00 bits per heavy atom. The normalized spacial score (nSPS) is 11.3. The number of carbonyl (C=O) groups excluding carboxylic acids is 2. The molecule has 2 amide bonds. The van der Waals surface area contributed by atoms with Crippen molar-refractivity contribution < 1.29 is 22.8 Å². The molecule has 2 aromatic rings. The van der Waals surface area contributed by atoms with Gasteiger partial charge in [-0.05, 0) is 42.5 Å².